The van der Waals surface area contributed by atoms with E-state index in [1.165, 1.54) is 0 Å². The molecule has 0 aromatic heterocycles. The van der Waals surface area contributed by atoms with E-state index in [0.717, 1.165) is 23.4 Å². The van der Waals surface area contributed by atoms with Crippen LogP contribution in [0.4, 0.5) is 0 Å². The number of hydrogen-bond acceptors (Lipinski definition) is 5. The van der Waals surface area contributed by atoms with E-state index in [2.05, 4.69) is 4.90 Å². The Bertz CT molecular complexity index is 483. The van der Waals surface area contributed by atoms with Crippen LogP contribution in [-0.4, -0.2) is 56.4 Å². The number of para-hydroxylation sites is 1. The zero-order chi connectivity index (χ0) is 15.9. The molecule has 1 fully saturated rings. The third kappa shape index (κ3) is 4.71. The smallest absolute Gasteiger partial charge is 0.320 e. The minimum Gasteiger partial charge on any atom is -0.490 e. The Labute approximate surface area is 132 Å². The summed E-state index contributed by atoms with van der Waals surface area (Å²) in [5, 5.41) is 0. The molecule has 0 bridgehead atoms. The normalized spacial score (nSPS) is 19.0. The van der Waals surface area contributed by atoms with Crippen LogP contribution in [0.25, 0.3) is 0 Å². The van der Waals surface area contributed by atoms with Crippen molar-refractivity contribution in [2.45, 2.75) is 26.9 Å². The summed E-state index contributed by atoms with van der Waals surface area (Å²) in [7, 11) is 0. The molecule has 122 valence electrons. The molecular weight excluding hydrogens is 282 g/mol. The molecule has 1 heterocycles. The van der Waals surface area contributed by atoms with E-state index in [1.807, 2.05) is 39.0 Å². The number of carbonyl (C=O) groups excluding carboxylic acids is 1. The molecule has 2 rings (SSSR count). The predicted molar refractivity (Wildman–Crippen MR) is 84.2 cm³/mol. The van der Waals surface area contributed by atoms with E-state index in [4.69, 9.17) is 14.2 Å². The standard InChI is InChI=1S/C17H25NO4/c1-4-20-16(19)11-18-8-9-21-15(10-18)12-22-17-13(2)6-5-7-14(17)3/h5-7,15H,4,8-12H2,1-3H3/t15-/m0/s1. The van der Waals surface area contributed by atoms with Crippen molar-refractivity contribution in [1.29, 1.82) is 0 Å². The largest absolute Gasteiger partial charge is 0.490 e. The molecule has 1 aromatic rings. The lowest BCUT2D eigenvalue weighted by Gasteiger charge is -2.32. The molecule has 0 unspecified atom stereocenters. The van der Waals surface area contributed by atoms with Crippen LogP contribution in [0, 0.1) is 13.8 Å². The second-order valence-corrected chi connectivity index (χ2v) is 5.56. The Hall–Kier alpha value is -1.59. The van der Waals surface area contributed by atoms with Crippen molar-refractivity contribution in [3.05, 3.63) is 29.3 Å². The lowest BCUT2D eigenvalue weighted by molar-refractivity contribution is -0.146. The van der Waals surface area contributed by atoms with Crippen LogP contribution in [-0.2, 0) is 14.3 Å². The lowest BCUT2D eigenvalue weighted by atomic mass is 10.1. The molecule has 0 spiro atoms. The maximum Gasteiger partial charge on any atom is 0.320 e. The SMILES string of the molecule is CCOC(=O)CN1CCO[C@H](COc2c(C)cccc2C)C1. The van der Waals surface area contributed by atoms with Gasteiger partial charge in [0.1, 0.15) is 18.5 Å². The van der Waals surface area contributed by atoms with Gasteiger partial charge in [0, 0.05) is 13.1 Å². The third-order valence-corrected chi connectivity index (χ3v) is 3.70. The summed E-state index contributed by atoms with van der Waals surface area (Å²) in [6, 6.07) is 6.10. The van der Waals surface area contributed by atoms with Gasteiger partial charge in [-0.3, -0.25) is 9.69 Å². The first kappa shape index (κ1) is 16.8. The van der Waals surface area contributed by atoms with Crippen LogP contribution in [0.5, 0.6) is 5.75 Å². The Morgan fingerprint density at radius 3 is 2.77 bits per heavy atom. The zero-order valence-electron chi connectivity index (χ0n) is 13.6. The van der Waals surface area contributed by atoms with E-state index in [1.54, 1.807) is 0 Å². The van der Waals surface area contributed by atoms with Gasteiger partial charge < -0.3 is 14.2 Å². The van der Waals surface area contributed by atoms with Gasteiger partial charge in [-0.25, -0.2) is 0 Å². The summed E-state index contributed by atoms with van der Waals surface area (Å²) in [6.07, 6.45) is -0.0258. The van der Waals surface area contributed by atoms with Gasteiger partial charge in [0.15, 0.2) is 0 Å². The molecule has 0 N–H and O–H groups in total. The molecule has 0 saturated carbocycles. The summed E-state index contributed by atoms with van der Waals surface area (Å²) in [5.74, 6) is 0.743. The number of ether oxygens (including phenoxy) is 3. The van der Waals surface area contributed by atoms with E-state index in [-0.39, 0.29) is 12.1 Å². The number of benzene rings is 1. The number of hydrogen-bond donors (Lipinski definition) is 0. The molecule has 5 nitrogen and oxygen atoms in total. The van der Waals surface area contributed by atoms with Crippen molar-refractivity contribution in [3.63, 3.8) is 0 Å². The summed E-state index contributed by atoms with van der Waals surface area (Å²) >= 11 is 0. The highest BCUT2D eigenvalue weighted by molar-refractivity contribution is 5.71. The van der Waals surface area contributed by atoms with Crippen LogP contribution in [0.3, 0.4) is 0 Å². The fourth-order valence-electron chi connectivity index (χ4n) is 2.62. The summed E-state index contributed by atoms with van der Waals surface area (Å²) in [4.78, 5) is 13.6. The van der Waals surface area contributed by atoms with E-state index >= 15 is 0 Å². The van der Waals surface area contributed by atoms with Gasteiger partial charge >= 0.3 is 5.97 Å². The highest BCUT2D eigenvalue weighted by atomic mass is 16.5. The summed E-state index contributed by atoms with van der Waals surface area (Å²) < 4.78 is 16.7. The first-order valence-electron chi connectivity index (χ1n) is 7.78. The molecule has 0 radical (unpaired) electrons. The van der Waals surface area contributed by atoms with Crippen molar-refractivity contribution in [3.8, 4) is 5.75 Å². The number of rotatable bonds is 6. The highest BCUT2D eigenvalue weighted by Crippen LogP contribution is 2.22. The first-order chi connectivity index (χ1) is 10.6. The number of morpholine rings is 1. The van der Waals surface area contributed by atoms with Crippen LogP contribution >= 0.6 is 0 Å². The van der Waals surface area contributed by atoms with Crippen molar-refractivity contribution >= 4 is 5.97 Å². The van der Waals surface area contributed by atoms with Crippen molar-refractivity contribution in [2.75, 3.05) is 39.5 Å². The molecule has 1 aromatic carbocycles. The fraction of sp³-hybridized carbons (Fsp3) is 0.588. The second kappa shape index (κ2) is 8.15. The van der Waals surface area contributed by atoms with E-state index in [9.17, 15) is 4.79 Å². The maximum absolute atomic E-state index is 11.6. The minimum absolute atomic E-state index is 0.0258. The molecule has 0 amide bonds. The van der Waals surface area contributed by atoms with Gasteiger partial charge in [-0.2, -0.15) is 0 Å². The average molecular weight is 307 g/mol. The monoisotopic (exact) mass is 307 g/mol. The minimum atomic E-state index is -0.182. The van der Waals surface area contributed by atoms with E-state index < -0.39 is 0 Å². The Morgan fingerprint density at radius 2 is 2.09 bits per heavy atom. The van der Waals surface area contributed by atoms with Gasteiger partial charge in [-0.15, -0.1) is 0 Å². The number of nitrogens with zero attached hydrogens (tertiary/aromatic N) is 1. The van der Waals surface area contributed by atoms with Crippen LogP contribution in [0.15, 0.2) is 18.2 Å². The molecule has 0 aliphatic carbocycles. The number of esters is 1. The van der Waals surface area contributed by atoms with Gasteiger partial charge in [-0.05, 0) is 31.9 Å². The van der Waals surface area contributed by atoms with Crippen LogP contribution in [0.1, 0.15) is 18.1 Å². The Balaban J connectivity index is 1.84. The maximum atomic E-state index is 11.6. The van der Waals surface area contributed by atoms with Gasteiger partial charge in [0.25, 0.3) is 0 Å². The third-order valence-electron chi connectivity index (χ3n) is 3.70. The number of aryl methyl sites for hydroxylation is 2. The average Bonchev–Trinajstić information content (AvgIpc) is 2.47. The predicted octanol–water partition coefficient (Wildman–Crippen LogP) is 1.95. The van der Waals surface area contributed by atoms with Crippen molar-refractivity contribution < 1.29 is 19.0 Å². The summed E-state index contributed by atoms with van der Waals surface area (Å²) in [6.45, 7) is 9.17. The fourth-order valence-corrected chi connectivity index (χ4v) is 2.62. The van der Waals surface area contributed by atoms with Crippen LogP contribution in [0.2, 0.25) is 0 Å². The quantitative estimate of drug-likeness (QED) is 0.752. The Kier molecular flexibility index (Phi) is 6.21. The second-order valence-electron chi connectivity index (χ2n) is 5.56. The van der Waals surface area contributed by atoms with Gasteiger partial charge in [0.05, 0.1) is 19.8 Å². The van der Waals surface area contributed by atoms with Crippen LogP contribution < -0.4 is 4.74 Å². The molecule has 1 aliphatic heterocycles. The zero-order valence-corrected chi connectivity index (χ0v) is 13.6. The molecule has 1 saturated heterocycles. The lowest BCUT2D eigenvalue weighted by Crippen LogP contribution is -2.47. The number of carbonyl (C=O) groups is 1. The van der Waals surface area contributed by atoms with Crippen molar-refractivity contribution in [2.24, 2.45) is 0 Å². The molecule has 1 aliphatic rings. The topological polar surface area (TPSA) is 48.0 Å². The van der Waals surface area contributed by atoms with Gasteiger partial charge in [-0.1, -0.05) is 18.2 Å². The molecule has 1 atom stereocenters. The van der Waals surface area contributed by atoms with Crippen molar-refractivity contribution in [1.82, 2.24) is 4.90 Å². The Morgan fingerprint density at radius 1 is 1.36 bits per heavy atom. The summed E-state index contributed by atoms with van der Waals surface area (Å²) in [5.41, 5.74) is 2.25. The van der Waals surface area contributed by atoms with E-state index in [0.29, 0.717) is 32.9 Å². The molecular formula is C17H25NO4. The van der Waals surface area contributed by atoms with Gasteiger partial charge in [0.2, 0.25) is 0 Å². The highest BCUT2D eigenvalue weighted by Gasteiger charge is 2.23. The molecule has 5 heteroatoms. The first-order valence-corrected chi connectivity index (χ1v) is 7.78. The molecule has 22 heavy (non-hydrogen) atoms.